The molecule has 0 aliphatic carbocycles. The summed E-state index contributed by atoms with van der Waals surface area (Å²) in [6.07, 6.45) is 2.02. The molecule has 0 saturated carbocycles. The van der Waals surface area contributed by atoms with Gasteiger partial charge in [-0.3, -0.25) is 13.9 Å². The summed E-state index contributed by atoms with van der Waals surface area (Å²) in [6.45, 7) is 3.51. The van der Waals surface area contributed by atoms with Crippen LogP contribution in [0.3, 0.4) is 0 Å². The molecule has 0 unspecified atom stereocenters. The topological polar surface area (TPSA) is 105 Å². The van der Waals surface area contributed by atoms with Gasteiger partial charge in [0.25, 0.3) is 0 Å². The molecule has 3 aromatic rings. The number of carbonyl (C=O) groups excluding carboxylic acids is 2. The monoisotopic (exact) mass is 643 g/mol. The second kappa shape index (κ2) is 13.4. The lowest BCUT2D eigenvalue weighted by Gasteiger charge is -2.34. The Labute approximate surface area is 249 Å². The van der Waals surface area contributed by atoms with Gasteiger partial charge in [0.15, 0.2) is 11.5 Å². The Morgan fingerprint density at radius 2 is 1.66 bits per heavy atom. The molecule has 9 nitrogen and oxygen atoms in total. The number of nitrogens with zero attached hydrogens (tertiary/aromatic N) is 2. The van der Waals surface area contributed by atoms with Crippen LogP contribution in [-0.2, 0) is 32.6 Å². The number of hydrogen-bond acceptors (Lipinski definition) is 6. The quantitative estimate of drug-likeness (QED) is 0.312. The second-order valence-corrected chi connectivity index (χ2v) is 12.8. The number of rotatable bonds is 12. The van der Waals surface area contributed by atoms with E-state index in [9.17, 15) is 18.0 Å². The minimum absolute atomic E-state index is 0.0318. The number of amides is 2. The summed E-state index contributed by atoms with van der Waals surface area (Å²) in [5, 5.41) is 3.02. The SMILES string of the molecule is CC[C@@H](C)NC(=O)[C@@H](Cc1ccccc1)N(Cc1ccc(Br)cc1)C(=O)CN(c1ccc2c(c1)OCO2)S(C)(=O)=O. The van der Waals surface area contributed by atoms with E-state index in [2.05, 4.69) is 21.2 Å². The Bertz CT molecular complexity index is 1470. The summed E-state index contributed by atoms with van der Waals surface area (Å²) in [7, 11) is -3.89. The van der Waals surface area contributed by atoms with E-state index < -0.39 is 28.5 Å². The zero-order valence-electron chi connectivity index (χ0n) is 23.2. The van der Waals surface area contributed by atoms with Crippen LogP contribution in [-0.4, -0.2) is 56.8 Å². The van der Waals surface area contributed by atoms with Gasteiger partial charge in [0.2, 0.25) is 28.6 Å². The largest absolute Gasteiger partial charge is 0.454 e. The maximum absolute atomic E-state index is 14.1. The summed E-state index contributed by atoms with van der Waals surface area (Å²) in [5.41, 5.74) is 1.93. The Morgan fingerprint density at radius 3 is 2.32 bits per heavy atom. The van der Waals surface area contributed by atoms with E-state index in [1.54, 1.807) is 12.1 Å². The number of ether oxygens (including phenoxy) is 2. The minimum atomic E-state index is -3.89. The Hall–Kier alpha value is -3.57. The van der Waals surface area contributed by atoms with Gasteiger partial charge in [-0.2, -0.15) is 0 Å². The van der Waals surface area contributed by atoms with Crippen LogP contribution >= 0.6 is 15.9 Å². The number of carbonyl (C=O) groups is 2. The van der Waals surface area contributed by atoms with Crippen molar-refractivity contribution >= 4 is 43.5 Å². The fraction of sp³-hybridized carbons (Fsp3) is 0.333. The third-order valence-corrected chi connectivity index (χ3v) is 8.53. The maximum atomic E-state index is 14.1. The number of benzene rings is 3. The smallest absolute Gasteiger partial charge is 0.244 e. The van der Waals surface area contributed by atoms with E-state index in [-0.39, 0.29) is 37.4 Å². The van der Waals surface area contributed by atoms with Crippen LogP contribution in [0.15, 0.2) is 77.3 Å². The van der Waals surface area contributed by atoms with Crippen LogP contribution in [0.25, 0.3) is 0 Å². The van der Waals surface area contributed by atoms with Gasteiger partial charge in [0, 0.05) is 29.5 Å². The van der Waals surface area contributed by atoms with Gasteiger partial charge < -0.3 is 19.7 Å². The first kappa shape index (κ1) is 30.4. The zero-order chi connectivity index (χ0) is 29.6. The van der Waals surface area contributed by atoms with Crippen LogP contribution in [0, 0.1) is 0 Å². The normalized spacial score (nSPS) is 13.8. The standard InChI is InChI=1S/C30H34BrN3O6S/c1-4-21(2)32-30(36)26(16-22-8-6-5-7-9-22)33(18-23-10-12-24(31)13-11-23)29(35)19-34(41(3,37)38)25-14-15-27-28(17-25)40-20-39-27/h5-15,17,21,26H,4,16,18-20H2,1-3H3,(H,32,36)/t21-,26-/m1/s1. The summed E-state index contributed by atoms with van der Waals surface area (Å²) < 4.78 is 38.6. The predicted molar refractivity (Wildman–Crippen MR) is 161 cm³/mol. The molecule has 11 heteroatoms. The van der Waals surface area contributed by atoms with Crippen molar-refractivity contribution in [1.29, 1.82) is 0 Å². The molecule has 0 radical (unpaired) electrons. The fourth-order valence-corrected chi connectivity index (χ4v) is 5.54. The molecular formula is C30H34BrN3O6S. The van der Waals surface area contributed by atoms with E-state index in [0.717, 1.165) is 32.6 Å². The lowest BCUT2D eigenvalue weighted by Crippen LogP contribution is -2.54. The van der Waals surface area contributed by atoms with Crippen LogP contribution in [0.1, 0.15) is 31.4 Å². The third kappa shape index (κ3) is 8.01. The number of sulfonamides is 1. The van der Waals surface area contributed by atoms with Crippen molar-refractivity contribution in [2.24, 2.45) is 0 Å². The van der Waals surface area contributed by atoms with Gasteiger partial charge in [0.05, 0.1) is 11.9 Å². The average Bonchev–Trinajstić information content (AvgIpc) is 3.42. The van der Waals surface area contributed by atoms with Gasteiger partial charge in [-0.15, -0.1) is 0 Å². The van der Waals surface area contributed by atoms with E-state index in [1.165, 1.54) is 11.0 Å². The van der Waals surface area contributed by atoms with Gasteiger partial charge in [-0.05, 0) is 48.7 Å². The van der Waals surface area contributed by atoms with E-state index >= 15 is 0 Å². The van der Waals surface area contributed by atoms with E-state index in [1.807, 2.05) is 68.4 Å². The number of fused-ring (bicyclic) bond motifs is 1. The molecule has 0 fully saturated rings. The van der Waals surface area contributed by atoms with Crippen LogP contribution < -0.4 is 19.1 Å². The molecule has 1 aliphatic heterocycles. The highest BCUT2D eigenvalue weighted by Crippen LogP contribution is 2.36. The molecule has 1 heterocycles. The average molecular weight is 645 g/mol. The molecule has 0 aromatic heterocycles. The van der Waals surface area contributed by atoms with Crippen LogP contribution in [0.5, 0.6) is 11.5 Å². The summed E-state index contributed by atoms with van der Waals surface area (Å²) in [6, 6.07) is 20.6. The van der Waals surface area contributed by atoms with Crippen molar-refractivity contribution in [1.82, 2.24) is 10.2 Å². The Kier molecular flexibility index (Phi) is 9.93. The zero-order valence-corrected chi connectivity index (χ0v) is 25.7. The number of halogens is 1. The first-order chi connectivity index (χ1) is 19.5. The van der Waals surface area contributed by atoms with Crippen molar-refractivity contribution in [3.05, 3.63) is 88.4 Å². The molecule has 0 bridgehead atoms. The lowest BCUT2D eigenvalue weighted by atomic mass is 10.0. The van der Waals surface area contributed by atoms with Crippen molar-refractivity contribution < 1.29 is 27.5 Å². The summed E-state index contributed by atoms with van der Waals surface area (Å²) >= 11 is 3.44. The molecule has 41 heavy (non-hydrogen) atoms. The molecule has 4 rings (SSSR count). The molecule has 3 aromatic carbocycles. The van der Waals surface area contributed by atoms with Crippen molar-refractivity contribution in [3.8, 4) is 11.5 Å². The van der Waals surface area contributed by atoms with E-state index in [0.29, 0.717) is 11.5 Å². The van der Waals surface area contributed by atoms with Crippen LogP contribution in [0.2, 0.25) is 0 Å². The highest BCUT2D eigenvalue weighted by molar-refractivity contribution is 9.10. The third-order valence-electron chi connectivity index (χ3n) is 6.86. The Balaban J connectivity index is 1.72. The summed E-state index contributed by atoms with van der Waals surface area (Å²) in [4.78, 5) is 29.3. The molecular weight excluding hydrogens is 610 g/mol. The predicted octanol–water partition coefficient (Wildman–Crippen LogP) is 4.50. The second-order valence-electron chi connectivity index (χ2n) is 9.98. The number of anilines is 1. The van der Waals surface area contributed by atoms with Gasteiger partial charge in [0.1, 0.15) is 12.6 Å². The van der Waals surface area contributed by atoms with E-state index in [4.69, 9.17) is 9.47 Å². The molecule has 0 saturated heterocycles. The van der Waals surface area contributed by atoms with Crippen LogP contribution in [0.4, 0.5) is 5.69 Å². The first-order valence-electron chi connectivity index (χ1n) is 13.3. The lowest BCUT2D eigenvalue weighted by molar-refractivity contribution is -0.140. The Morgan fingerprint density at radius 1 is 0.976 bits per heavy atom. The molecule has 218 valence electrons. The molecule has 1 N–H and O–H groups in total. The first-order valence-corrected chi connectivity index (χ1v) is 15.9. The van der Waals surface area contributed by atoms with Crippen molar-refractivity contribution in [2.75, 3.05) is 23.9 Å². The van der Waals surface area contributed by atoms with Gasteiger partial charge in [-0.25, -0.2) is 8.42 Å². The minimum Gasteiger partial charge on any atom is -0.454 e. The highest BCUT2D eigenvalue weighted by Gasteiger charge is 2.33. The van der Waals surface area contributed by atoms with Crippen molar-refractivity contribution in [2.45, 2.75) is 45.3 Å². The molecule has 2 atom stereocenters. The highest BCUT2D eigenvalue weighted by atomic mass is 79.9. The maximum Gasteiger partial charge on any atom is 0.244 e. The molecule has 1 aliphatic rings. The van der Waals surface area contributed by atoms with Gasteiger partial charge in [-0.1, -0.05) is 65.3 Å². The fourth-order valence-electron chi connectivity index (χ4n) is 4.44. The molecule has 2 amide bonds. The van der Waals surface area contributed by atoms with Gasteiger partial charge >= 0.3 is 0 Å². The number of hydrogen-bond donors (Lipinski definition) is 1. The molecule has 0 spiro atoms. The summed E-state index contributed by atoms with van der Waals surface area (Å²) in [5.74, 6) is 0.0686. The van der Waals surface area contributed by atoms with Crippen molar-refractivity contribution in [3.63, 3.8) is 0 Å². The number of nitrogens with one attached hydrogen (secondary N) is 1.